The monoisotopic (exact) mass is 1280 g/mol. The summed E-state index contributed by atoms with van der Waals surface area (Å²) in [4.78, 5) is 72.0. The third-order valence-electron chi connectivity index (χ3n) is 15.7. The molecule has 0 radical (unpaired) electrons. The van der Waals surface area contributed by atoms with Crippen LogP contribution in [0.4, 0.5) is 0 Å². The molecule has 0 rings (SSSR count). The van der Waals surface area contributed by atoms with Crippen molar-refractivity contribution in [3.63, 3.8) is 0 Å². The molecule has 0 aromatic rings. The number of phosphoric ester groups is 2. The van der Waals surface area contributed by atoms with Crippen LogP contribution in [0.5, 0.6) is 0 Å². The van der Waals surface area contributed by atoms with E-state index in [1.54, 1.807) is 0 Å². The normalized spacial score (nSPS) is 14.2. The number of esters is 4. The number of aliphatic hydroxyl groups excluding tert-OH is 1. The lowest BCUT2D eigenvalue weighted by molar-refractivity contribution is -0.161. The largest absolute Gasteiger partial charge is 0.472 e. The Labute approximate surface area is 530 Å². The van der Waals surface area contributed by atoms with Crippen LogP contribution in [0.2, 0.25) is 0 Å². The van der Waals surface area contributed by atoms with E-state index >= 15 is 0 Å². The molecular formula is C68H132O17P2. The van der Waals surface area contributed by atoms with Crippen LogP contribution in [0.3, 0.4) is 0 Å². The van der Waals surface area contributed by atoms with Crippen LogP contribution >= 0.6 is 15.6 Å². The average molecular weight is 1280 g/mol. The third kappa shape index (κ3) is 62.6. The van der Waals surface area contributed by atoms with E-state index in [-0.39, 0.29) is 25.7 Å². The van der Waals surface area contributed by atoms with Crippen molar-refractivity contribution in [2.24, 2.45) is 11.8 Å². The van der Waals surface area contributed by atoms with Crippen molar-refractivity contribution in [3.05, 3.63) is 0 Å². The molecule has 87 heavy (non-hydrogen) atoms. The highest BCUT2D eigenvalue weighted by Gasteiger charge is 2.30. The summed E-state index contributed by atoms with van der Waals surface area (Å²) in [7, 11) is -9.88. The molecule has 0 aliphatic carbocycles. The maximum Gasteiger partial charge on any atom is 0.472 e. The van der Waals surface area contributed by atoms with E-state index in [0.29, 0.717) is 37.5 Å². The molecular weight excluding hydrogens is 1150 g/mol. The van der Waals surface area contributed by atoms with Crippen LogP contribution < -0.4 is 0 Å². The second-order valence-electron chi connectivity index (χ2n) is 25.5. The molecule has 0 aromatic heterocycles. The molecule has 19 heteroatoms. The smallest absolute Gasteiger partial charge is 0.462 e. The highest BCUT2D eigenvalue weighted by Crippen LogP contribution is 2.45. The summed E-state index contributed by atoms with van der Waals surface area (Å²) >= 11 is 0. The highest BCUT2D eigenvalue weighted by atomic mass is 31.2. The first-order valence-electron chi connectivity index (χ1n) is 35.5. The van der Waals surface area contributed by atoms with Crippen LogP contribution in [0.15, 0.2) is 0 Å². The van der Waals surface area contributed by atoms with Crippen molar-refractivity contribution in [3.8, 4) is 0 Å². The first-order chi connectivity index (χ1) is 41.9. The summed E-state index contributed by atoms with van der Waals surface area (Å²) in [5.41, 5.74) is 0. The zero-order valence-corrected chi connectivity index (χ0v) is 58.1. The molecule has 0 aliphatic heterocycles. The topological polar surface area (TPSA) is 237 Å². The molecule has 0 saturated carbocycles. The molecule has 0 saturated heterocycles. The Morgan fingerprint density at radius 1 is 0.310 bits per heavy atom. The van der Waals surface area contributed by atoms with Gasteiger partial charge in [0.25, 0.3) is 0 Å². The second-order valence-corrected chi connectivity index (χ2v) is 28.4. The number of ether oxygens (including phenoxy) is 4. The SMILES string of the molecule is CCCCCCCCCCCCCCCCCCCCCCCCC(=O)O[C@H](COC(=O)CCCCCCCCCC(C)C)COP(=O)(O)OC[C@@H](O)COP(=O)(O)OC[C@@H](COC(=O)CCCCCCC)OC(=O)CCCCCCCCCC(C)C. The van der Waals surface area contributed by atoms with Crippen molar-refractivity contribution in [1.29, 1.82) is 0 Å². The van der Waals surface area contributed by atoms with Gasteiger partial charge in [0.1, 0.15) is 19.3 Å². The minimum atomic E-state index is -4.95. The lowest BCUT2D eigenvalue weighted by atomic mass is 10.0. The summed E-state index contributed by atoms with van der Waals surface area (Å²) in [6.07, 6.45) is 45.3. The first kappa shape index (κ1) is 85.1. The Bertz CT molecular complexity index is 1700. The lowest BCUT2D eigenvalue weighted by Gasteiger charge is -2.21. The Kier molecular flexibility index (Phi) is 59.0. The van der Waals surface area contributed by atoms with Crippen molar-refractivity contribution < 1.29 is 80.2 Å². The summed E-state index contributed by atoms with van der Waals surface area (Å²) < 4.78 is 67.9. The number of rotatable bonds is 67. The van der Waals surface area contributed by atoms with Gasteiger partial charge in [-0.05, 0) is 37.5 Å². The van der Waals surface area contributed by atoms with Gasteiger partial charge in [0, 0.05) is 25.7 Å². The molecule has 0 aliphatic rings. The van der Waals surface area contributed by atoms with Gasteiger partial charge in [0.15, 0.2) is 12.2 Å². The van der Waals surface area contributed by atoms with Gasteiger partial charge in [0.05, 0.1) is 26.4 Å². The quantitative estimate of drug-likeness (QED) is 0.0222. The Morgan fingerprint density at radius 2 is 0.529 bits per heavy atom. The van der Waals surface area contributed by atoms with Gasteiger partial charge in [-0.25, -0.2) is 9.13 Å². The van der Waals surface area contributed by atoms with Gasteiger partial charge in [-0.2, -0.15) is 0 Å². The summed E-state index contributed by atoms with van der Waals surface area (Å²) in [6.45, 7) is 9.31. The minimum Gasteiger partial charge on any atom is -0.462 e. The van der Waals surface area contributed by atoms with Gasteiger partial charge >= 0.3 is 39.5 Å². The van der Waals surface area contributed by atoms with Crippen LogP contribution in [0.1, 0.15) is 343 Å². The lowest BCUT2D eigenvalue weighted by Crippen LogP contribution is -2.30. The van der Waals surface area contributed by atoms with E-state index in [1.165, 1.54) is 148 Å². The molecule has 3 N–H and O–H groups in total. The van der Waals surface area contributed by atoms with E-state index in [9.17, 15) is 43.2 Å². The average Bonchev–Trinajstić information content (AvgIpc) is 3.68. The van der Waals surface area contributed by atoms with Crippen LogP contribution in [-0.4, -0.2) is 96.7 Å². The number of carbonyl (C=O) groups is 4. The fourth-order valence-corrected chi connectivity index (χ4v) is 11.8. The molecule has 0 amide bonds. The molecule has 5 atom stereocenters. The highest BCUT2D eigenvalue weighted by molar-refractivity contribution is 7.47. The second kappa shape index (κ2) is 60.3. The van der Waals surface area contributed by atoms with E-state index in [0.717, 1.165) is 103 Å². The van der Waals surface area contributed by atoms with Crippen molar-refractivity contribution in [2.75, 3.05) is 39.6 Å². The Balaban J connectivity index is 5.05. The van der Waals surface area contributed by atoms with Crippen molar-refractivity contribution in [1.82, 2.24) is 0 Å². The predicted octanol–water partition coefficient (Wildman–Crippen LogP) is 19.2. The van der Waals surface area contributed by atoms with Crippen molar-refractivity contribution >= 4 is 39.5 Å². The fourth-order valence-electron chi connectivity index (χ4n) is 10.2. The van der Waals surface area contributed by atoms with E-state index in [2.05, 4.69) is 41.5 Å². The molecule has 0 bridgehead atoms. The van der Waals surface area contributed by atoms with E-state index in [4.69, 9.17) is 37.0 Å². The molecule has 0 heterocycles. The van der Waals surface area contributed by atoms with Gasteiger partial charge in [-0.1, -0.05) is 292 Å². The van der Waals surface area contributed by atoms with Crippen LogP contribution in [0.25, 0.3) is 0 Å². The zero-order chi connectivity index (χ0) is 64.3. The predicted molar refractivity (Wildman–Crippen MR) is 349 cm³/mol. The van der Waals surface area contributed by atoms with Gasteiger partial charge in [-0.15, -0.1) is 0 Å². The van der Waals surface area contributed by atoms with E-state index in [1.807, 2.05) is 0 Å². The summed E-state index contributed by atoms with van der Waals surface area (Å²) in [5.74, 6) is -0.744. The summed E-state index contributed by atoms with van der Waals surface area (Å²) in [6, 6.07) is 0. The number of carbonyl (C=O) groups excluding carboxylic acids is 4. The number of hydrogen-bond donors (Lipinski definition) is 3. The first-order valence-corrected chi connectivity index (χ1v) is 38.5. The number of aliphatic hydroxyl groups is 1. The molecule has 0 spiro atoms. The molecule has 2 unspecified atom stereocenters. The zero-order valence-electron chi connectivity index (χ0n) is 56.3. The van der Waals surface area contributed by atoms with E-state index < -0.39 is 97.5 Å². The maximum absolute atomic E-state index is 13.0. The molecule has 0 fully saturated rings. The molecule has 17 nitrogen and oxygen atoms in total. The Morgan fingerprint density at radius 3 is 0.782 bits per heavy atom. The van der Waals surface area contributed by atoms with Gasteiger partial charge in [-0.3, -0.25) is 37.3 Å². The fraction of sp³-hybridized carbons (Fsp3) is 0.941. The molecule has 0 aromatic carbocycles. The standard InChI is InChI=1S/C68H132O17P2/c1-7-9-11-13-14-15-16-17-18-19-20-21-22-23-24-25-26-27-28-33-40-46-52-67(72)85-64(57-79-66(71)51-45-39-34-29-31-37-42-48-60(3)4)59-83-87(76,77)81-55-62(69)54-80-86(74,75)82-58-63(56-78-65(70)50-44-36-12-10-8-2)84-68(73)53-47-41-35-30-32-38-43-49-61(5)6/h60-64,69H,7-59H2,1-6H3,(H,74,75)(H,76,77)/t62-,63+,64+/m0/s1. The third-order valence-corrected chi connectivity index (χ3v) is 17.6. The minimum absolute atomic E-state index is 0.102. The maximum atomic E-state index is 13.0. The number of hydrogen-bond acceptors (Lipinski definition) is 15. The van der Waals surface area contributed by atoms with Crippen LogP contribution in [0, 0.1) is 11.8 Å². The molecule has 516 valence electrons. The van der Waals surface area contributed by atoms with Gasteiger partial charge in [0.2, 0.25) is 0 Å². The number of phosphoric acid groups is 2. The summed E-state index contributed by atoms with van der Waals surface area (Å²) in [5, 5.41) is 10.5. The van der Waals surface area contributed by atoms with Crippen molar-refractivity contribution in [2.45, 2.75) is 362 Å². The number of unbranched alkanes of at least 4 members (excludes halogenated alkanes) is 37. The Hall–Kier alpha value is -1.94. The van der Waals surface area contributed by atoms with Gasteiger partial charge < -0.3 is 33.8 Å². The van der Waals surface area contributed by atoms with Crippen LogP contribution in [-0.2, 0) is 65.4 Å².